The van der Waals surface area contributed by atoms with Gasteiger partial charge in [-0.25, -0.2) is 4.79 Å². The zero-order valence-electron chi connectivity index (χ0n) is 14.2. The molecule has 1 N–H and O–H groups in total. The molecular weight excluding hydrogens is 316 g/mol. The average molecular weight is 336 g/mol. The molecule has 128 valence electrons. The molecule has 1 heterocycles. The molecule has 1 atom stereocenters. The number of carbonyl (C=O) groups is 2. The van der Waals surface area contributed by atoms with E-state index in [4.69, 9.17) is 4.74 Å². The molecule has 0 radical (unpaired) electrons. The van der Waals surface area contributed by atoms with Crippen LogP contribution in [0.2, 0.25) is 0 Å². The van der Waals surface area contributed by atoms with E-state index in [9.17, 15) is 9.59 Å². The fourth-order valence-electron chi connectivity index (χ4n) is 2.83. The molecular formula is C20H20N2O3. The average Bonchev–Trinajstić information content (AvgIpc) is 3.01. The highest BCUT2D eigenvalue weighted by Crippen LogP contribution is 2.17. The number of fused-ring (bicyclic) bond motifs is 1. The minimum atomic E-state index is -0.732. The number of aromatic nitrogens is 1. The Labute approximate surface area is 146 Å². The molecule has 2 aromatic carbocycles. The molecule has 0 saturated carbocycles. The number of nitrogens with zero attached hydrogens (tertiary/aromatic N) is 1. The van der Waals surface area contributed by atoms with Crippen LogP contribution in [-0.4, -0.2) is 29.6 Å². The van der Waals surface area contributed by atoms with E-state index in [1.807, 2.05) is 66.3 Å². The summed E-state index contributed by atoms with van der Waals surface area (Å²) in [5.41, 5.74) is 2.43. The summed E-state index contributed by atoms with van der Waals surface area (Å²) < 4.78 is 6.79. The Bertz CT molecular complexity index is 900. The number of hydrogen-bond donors (Lipinski definition) is 1. The van der Waals surface area contributed by atoms with Crippen LogP contribution in [0.3, 0.4) is 0 Å². The van der Waals surface area contributed by atoms with Gasteiger partial charge in [-0.05, 0) is 29.1 Å². The third-order valence-electron chi connectivity index (χ3n) is 4.22. The number of ether oxygens (including phenoxy) is 1. The van der Waals surface area contributed by atoms with Gasteiger partial charge < -0.3 is 14.6 Å². The minimum Gasteiger partial charge on any atom is -0.467 e. The van der Waals surface area contributed by atoms with Gasteiger partial charge in [0, 0.05) is 30.7 Å². The molecule has 3 rings (SSSR count). The van der Waals surface area contributed by atoms with E-state index in [2.05, 4.69) is 5.32 Å². The summed E-state index contributed by atoms with van der Waals surface area (Å²) in [5.74, 6) is -0.758. The summed E-state index contributed by atoms with van der Waals surface area (Å²) in [6.45, 7) is 0. The highest BCUT2D eigenvalue weighted by Gasteiger charge is 2.22. The van der Waals surface area contributed by atoms with E-state index in [1.54, 1.807) is 6.07 Å². The fraction of sp³-hybridized carbons (Fsp3) is 0.200. The number of aryl methyl sites for hydroxylation is 1. The first-order valence-electron chi connectivity index (χ1n) is 8.06. The molecule has 0 fully saturated rings. The number of hydrogen-bond acceptors (Lipinski definition) is 3. The number of methoxy groups -OCH3 is 1. The summed E-state index contributed by atoms with van der Waals surface area (Å²) in [5, 5.41) is 3.85. The maximum atomic E-state index is 12.6. The van der Waals surface area contributed by atoms with Gasteiger partial charge in [0.1, 0.15) is 6.04 Å². The SMILES string of the molecule is COC(=O)C(Cc1ccccc1)NC(=O)c1ccc2ccn(C)c2c1. The van der Waals surface area contributed by atoms with Crippen molar-refractivity contribution in [3.63, 3.8) is 0 Å². The van der Waals surface area contributed by atoms with Gasteiger partial charge in [-0.3, -0.25) is 4.79 Å². The Kier molecular flexibility index (Phi) is 4.84. The van der Waals surface area contributed by atoms with Crippen molar-refractivity contribution in [2.75, 3.05) is 7.11 Å². The van der Waals surface area contributed by atoms with Crippen molar-refractivity contribution in [3.8, 4) is 0 Å². The molecule has 1 unspecified atom stereocenters. The number of amides is 1. The molecule has 0 spiro atoms. The van der Waals surface area contributed by atoms with Crippen molar-refractivity contribution in [1.82, 2.24) is 9.88 Å². The van der Waals surface area contributed by atoms with Crippen molar-refractivity contribution < 1.29 is 14.3 Å². The van der Waals surface area contributed by atoms with Gasteiger partial charge in [0.05, 0.1) is 7.11 Å². The number of rotatable bonds is 5. The summed E-state index contributed by atoms with van der Waals surface area (Å²) in [4.78, 5) is 24.7. The monoisotopic (exact) mass is 336 g/mol. The first kappa shape index (κ1) is 16.8. The van der Waals surface area contributed by atoms with Crippen molar-refractivity contribution >= 4 is 22.8 Å². The molecule has 0 saturated heterocycles. The van der Waals surface area contributed by atoms with Crippen LogP contribution >= 0.6 is 0 Å². The molecule has 5 heteroatoms. The topological polar surface area (TPSA) is 60.3 Å². The lowest BCUT2D eigenvalue weighted by molar-refractivity contribution is -0.142. The van der Waals surface area contributed by atoms with Crippen molar-refractivity contribution in [1.29, 1.82) is 0 Å². The van der Waals surface area contributed by atoms with E-state index in [1.165, 1.54) is 7.11 Å². The Balaban J connectivity index is 1.81. The number of nitrogens with one attached hydrogen (secondary N) is 1. The van der Waals surface area contributed by atoms with Crippen LogP contribution in [0.5, 0.6) is 0 Å². The molecule has 3 aromatic rings. The maximum absolute atomic E-state index is 12.6. The molecule has 0 aliphatic carbocycles. The van der Waals surface area contributed by atoms with Crippen LogP contribution in [0.25, 0.3) is 10.9 Å². The zero-order valence-corrected chi connectivity index (χ0v) is 14.2. The van der Waals surface area contributed by atoms with Gasteiger partial charge in [0.15, 0.2) is 0 Å². The lowest BCUT2D eigenvalue weighted by Gasteiger charge is -2.17. The summed E-state index contributed by atoms with van der Waals surface area (Å²) in [6, 6.07) is 16.3. The highest BCUT2D eigenvalue weighted by molar-refractivity contribution is 5.99. The third-order valence-corrected chi connectivity index (χ3v) is 4.22. The Hall–Kier alpha value is -3.08. The van der Waals surface area contributed by atoms with Crippen LogP contribution < -0.4 is 5.32 Å². The Morgan fingerprint density at radius 3 is 2.60 bits per heavy atom. The van der Waals surface area contributed by atoms with Crippen LogP contribution in [0.4, 0.5) is 0 Å². The normalized spacial score (nSPS) is 11.9. The van der Waals surface area contributed by atoms with Gasteiger partial charge in [-0.2, -0.15) is 0 Å². The number of carbonyl (C=O) groups excluding carboxylic acids is 2. The summed E-state index contributed by atoms with van der Waals surface area (Å²) in [7, 11) is 3.25. The van der Waals surface area contributed by atoms with E-state index >= 15 is 0 Å². The van der Waals surface area contributed by atoms with E-state index in [0.29, 0.717) is 12.0 Å². The molecule has 1 aromatic heterocycles. The first-order chi connectivity index (χ1) is 12.1. The van der Waals surface area contributed by atoms with Gasteiger partial charge in [0.25, 0.3) is 5.91 Å². The lowest BCUT2D eigenvalue weighted by atomic mass is 10.1. The second-order valence-corrected chi connectivity index (χ2v) is 5.94. The van der Waals surface area contributed by atoms with Gasteiger partial charge in [0.2, 0.25) is 0 Å². The Morgan fingerprint density at radius 1 is 1.12 bits per heavy atom. The van der Waals surface area contributed by atoms with E-state index in [0.717, 1.165) is 16.5 Å². The van der Waals surface area contributed by atoms with Crippen LogP contribution in [-0.2, 0) is 23.0 Å². The van der Waals surface area contributed by atoms with Gasteiger partial charge >= 0.3 is 5.97 Å². The predicted molar refractivity (Wildman–Crippen MR) is 96.3 cm³/mol. The lowest BCUT2D eigenvalue weighted by Crippen LogP contribution is -2.43. The molecule has 0 aliphatic rings. The second kappa shape index (κ2) is 7.21. The van der Waals surface area contributed by atoms with Gasteiger partial charge in [-0.15, -0.1) is 0 Å². The molecule has 5 nitrogen and oxygen atoms in total. The van der Waals surface area contributed by atoms with Crippen molar-refractivity contribution in [2.45, 2.75) is 12.5 Å². The van der Waals surface area contributed by atoms with Crippen LogP contribution in [0, 0.1) is 0 Å². The largest absolute Gasteiger partial charge is 0.467 e. The Morgan fingerprint density at radius 2 is 1.88 bits per heavy atom. The minimum absolute atomic E-state index is 0.297. The highest BCUT2D eigenvalue weighted by atomic mass is 16.5. The molecule has 0 bridgehead atoms. The smallest absolute Gasteiger partial charge is 0.328 e. The van der Waals surface area contributed by atoms with E-state index in [-0.39, 0.29) is 5.91 Å². The maximum Gasteiger partial charge on any atom is 0.328 e. The number of benzene rings is 2. The predicted octanol–water partition coefficient (Wildman–Crippen LogP) is 2.69. The van der Waals surface area contributed by atoms with Crippen molar-refractivity contribution in [2.24, 2.45) is 7.05 Å². The van der Waals surface area contributed by atoms with Gasteiger partial charge in [-0.1, -0.05) is 36.4 Å². The van der Waals surface area contributed by atoms with Crippen molar-refractivity contribution in [3.05, 3.63) is 71.9 Å². The van der Waals surface area contributed by atoms with Crippen LogP contribution in [0.15, 0.2) is 60.8 Å². The van der Waals surface area contributed by atoms with E-state index < -0.39 is 12.0 Å². The number of esters is 1. The summed E-state index contributed by atoms with van der Waals surface area (Å²) >= 11 is 0. The first-order valence-corrected chi connectivity index (χ1v) is 8.06. The quantitative estimate of drug-likeness (QED) is 0.729. The molecule has 0 aliphatic heterocycles. The fourth-order valence-corrected chi connectivity index (χ4v) is 2.83. The standard InChI is InChI=1S/C20H20N2O3/c1-22-11-10-15-8-9-16(13-18(15)22)19(23)21-17(20(24)25-2)12-14-6-4-3-5-7-14/h3-11,13,17H,12H2,1-2H3,(H,21,23). The third kappa shape index (κ3) is 3.71. The second-order valence-electron chi connectivity index (χ2n) is 5.94. The van der Waals surface area contributed by atoms with Crippen LogP contribution in [0.1, 0.15) is 15.9 Å². The zero-order chi connectivity index (χ0) is 17.8. The molecule has 25 heavy (non-hydrogen) atoms. The molecule has 1 amide bonds. The summed E-state index contributed by atoms with van der Waals surface area (Å²) in [6.07, 6.45) is 2.32.